The van der Waals surface area contributed by atoms with Gasteiger partial charge in [0, 0.05) is 24.7 Å². The molecule has 4 nitrogen and oxygen atoms in total. The Hall–Kier alpha value is -2.25. The minimum atomic E-state index is -0.666. The topological polar surface area (TPSA) is 53.3 Å². The third-order valence-electron chi connectivity index (χ3n) is 2.47. The molecule has 5 heteroatoms. The summed E-state index contributed by atoms with van der Waals surface area (Å²) in [5.74, 6) is -0.666. The lowest BCUT2D eigenvalue weighted by atomic mass is 10.0. The molecule has 1 aromatic rings. The minimum absolute atomic E-state index is 0.0482. The summed E-state index contributed by atoms with van der Waals surface area (Å²) in [6, 6.07) is 8.79. The second kappa shape index (κ2) is 7.37. The van der Waals surface area contributed by atoms with Gasteiger partial charge in [-0.1, -0.05) is 23.7 Å². The summed E-state index contributed by atoms with van der Waals surface area (Å²) in [6.07, 6.45) is 3.45. The smallest absolute Gasteiger partial charge is 0.349 e. The van der Waals surface area contributed by atoms with Crippen molar-refractivity contribution in [3.05, 3.63) is 52.7 Å². The highest BCUT2D eigenvalue weighted by Gasteiger charge is 2.15. The Kier molecular flexibility index (Phi) is 5.82. The number of rotatable bonds is 4. The number of hydrogen-bond acceptors (Lipinski definition) is 4. The third kappa shape index (κ3) is 4.15. The standard InChI is InChI=1S/C15H15ClN2O2/c1-18(2)9-8-13(14(10-17)15(19)20-3)11-4-6-12(16)7-5-11/h4-9H,1-3H3/b9-8-,14-13+. The quantitative estimate of drug-likeness (QED) is 0.370. The number of carbonyl (C=O) groups is 1. The van der Waals surface area contributed by atoms with Gasteiger partial charge in [-0.3, -0.25) is 0 Å². The molecule has 0 aliphatic heterocycles. The molecule has 0 atom stereocenters. The highest BCUT2D eigenvalue weighted by molar-refractivity contribution is 6.30. The Bertz CT molecular complexity index is 581. The van der Waals surface area contributed by atoms with Gasteiger partial charge in [-0.05, 0) is 30.0 Å². The van der Waals surface area contributed by atoms with Crippen LogP contribution < -0.4 is 0 Å². The van der Waals surface area contributed by atoms with Crippen LogP contribution in [0.3, 0.4) is 0 Å². The molecular weight excluding hydrogens is 276 g/mol. The maximum absolute atomic E-state index is 11.7. The SMILES string of the molecule is COC(=O)/C(C#N)=C(\C=C/N(C)C)c1ccc(Cl)cc1. The van der Waals surface area contributed by atoms with Crippen molar-refractivity contribution >= 4 is 23.1 Å². The van der Waals surface area contributed by atoms with E-state index < -0.39 is 5.97 Å². The lowest BCUT2D eigenvalue weighted by Crippen LogP contribution is -2.06. The van der Waals surface area contributed by atoms with Crippen molar-refractivity contribution < 1.29 is 9.53 Å². The van der Waals surface area contributed by atoms with Gasteiger partial charge < -0.3 is 9.64 Å². The van der Waals surface area contributed by atoms with Gasteiger partial charge in [0.25, 0.3) is 0 Å². The van der Waals surface area contributed by atoms with Gasteiger partial charge >= 0.3 is 5.97 Å². The van der Waals surface area contributed by atoms with Gasteiger partial charge in [-0.15, -0.1) is 0 Å². The number of nitrogens with zero attached hydrogens (tertiary/aromatic N) is 2. The van der Waals surface area contributed by atoms with Crippen LogP contribution in [-0.2, 0) is 9.53 Å². The largest absolute Gasteiger partial charge is 0.465 e. The number of benzene rings is 1. The van der Waals surface area contributed by atoms with Crippen molar-refractivity contribution in [3.63, 3.8) is 0 Å². The first-order valence-electron chi connectivity index (χ1n) is 5.83. The van der Waals surface area contributed by atoms with E-state index in [1.165, 1.54) is 7.11 Å². The fourth-order valence-corrected chi connectivity index (χ4v) is 1.62. The number of nitriles is 1. The van der Waals surface area contributed by atoms with Crippen LogP contribution in [-0.4, -0.2) is 32.1 Å². The number of hydrogen-bond donors (Lipinski definition) is 0. The summed E-state index contributed by atoms with van der Waals surface area (Å²) >= 11 is 5.85. The molecule has 0 heterocycles. The van der Waals surface area contributed by atoms with E-state index in [0.717, 1.165) is 5.56 Å². The van der Waals surface area contributed by atoms with Crippen molar-refractivity contribution in [2.24, 2.45) is 0 Å². The number of esters is 1. The molecule has 0 aromatic heterocycles. The van der Waals surface area contributed by atoms with Gasteiger partial charge in [0.2, 0.25) is 0 Å². The summed E-state index contributed by atoms with van der Waals surface area (Å²) in [4.78, 5) is 13.5. The lowest BCUT2D eigenvalue weighted by Gasteiger charge is -2.08. The minimum Gasteiger partial charge on any atom is -0.465 e. The van der Waals surface area contributed by atoms with Crippen LogP contribution in [0.15, 0.2) is 42.1 Å². The molecule has 0 saturated carbocycles. The molecule has 0 aliphatic rings. The van der Waals surface area contributed by atoms with Crippen LogP contribution in [0.4, 0.5) is 0 Å². The molecule has 0 unspecified atom stereocenters. The first-order valence-corrected chi connectivity index (χ1v) is 6.20. The number of carbonyl (C=O) groups excluding carboxylic acids is 1. The van der Waals surface area contributed by atoms with E-state index >= 15 is 0 Å². The van der Waals surface area contributed by atoms with Crippen LogP contribution >= 0.6 is 11.6 Å². The zero-order valence-corrected chi connectivity index (χ0v) is 12.3. The highest BCUT2D eigenvalue weighted by Crippen LogP contribution is 2.23. The molecule has 20 heavy (non-hydrogen) atoms. The molecule has 0 N–H and O–H groups in total. The molecule has 0 radical (unpaired) electrons. The number of allylic oxidation sites excluding steroid dienone is 2. The molecule has 0 fully saturated rings. The van der Waals surface area contributed by atoms with E-state index in [0.29, 0.717) is 10.6 Å². The molecule has 0 amide bonds. The fourth-order valence-electron chi connectivity index (χ4n) is 1.49. The van der Waals surface area contributed by atoms with Gasteiger partial charge in [-0.2, -0.15) is 5.26 Å². The lowest BCUT2D eigenvalue weighted by molar-refractivity contribution is -0.135. The molecule has 1 rings (SSSR count). The summed E-state index contributed by atoms with van der Waals surface area (Å²) in [7, 11) is 4.94. The molecule has 0 spiro atoms. The normalized spacial score (nSPS) is 11.8. The summed E-state index contributed by atoms with van der Waals surface area (Å²) < 4.78 is 4.64. The van der Waals surface area contributed by atoms with Gasteiger partial charge in [-0.25, -0.2) is 4.79 Å². The summed E-state index contributed by atoms with van der Waals surface area (Å²) in [5.41, 5.74) is 1.16. The van der Waals surface area contributed by atoms with Crippen molar-refractivity contribution in [3.8, 4) is 6.07 Å². The Labute approximate surface area is 123 Å². The molecule has 0 aliphatic carbocycles. The van der Waals surface area contributed by atoms with E-state index in [2.05, 4.69) is 4.74 Å². The predicted molar refractivity (Wildman–Crippen MR) is 78.8 cm³/mol. The number of halogens is 1. The third-order valence-corrected chi connectivity index (χ3v) is 2.72. The average molecular weight is 291 g/mol. The summed E-state index contributed by atoms with van der Waals surface area (Å²) in [5, 5.41) is 9.78. The number of ether oxygens (including phenoxy) is 1. The van der Waals surface area contributed by atoms with Crippen LogP contribution in [0.5, 0.6) is 0 Å². The zero-order valence-electron chi connectivity index (χ0n) is 11.6. The maximum atomic E-state index is 11.7. The zero-order chi connectivity index (χ0) is 15.1. The second-order valence-corrected chi connectivity index (χ2v) is 4.61. The Morgan fingerprint density at radius 1 is 1.35 bits per heavy atom. The van der Waals surface area contributed by atoms with Crippen molar-refractivity contribution in [2.75, 3.05) is 21.2 Å². The van der Waals surface area contributed by atoms with E-state index in [1.54, 1.807) is 36.5 Å². The first kappa shape index (κ1) is 15.8. The highest BCUT2D eigenvalue weighted by atomic mass is 35.5. The van der Waals surface area contributed by atoms with Crippen LogP contribution in [0.1, 0.15) is 5.56 Å². The van der Waals surface area contributed by atoms with Crippen molar-refractivity contribution in [2.45, 2.75) is 0 Å². The van der Waals surface area contributed by atoms with E-state index in [9.17, 15) is 10.1 Å². The average Bonchev–Trinajstić information content (AvgIpc) is 2.43. The van der Waals surface area contributed by atoms with E-state index in [1.807, 2.05) is 25.1 Å². The maximum Gasteiger partial charge on any atom is 0.349 e. The monoisotopic (exact) mass is 290 g/mol. The Morgan fingerprint density at radius 2 is 1.95 bits per heavy atom. The number of methoxy groups -OCH3 is 1. The van der Waals surface area contributed by atoms with Crippen molar-refractivity contribution in [1.82, 2.24) is 4.90 Å². The van der Waals surface area contributed by atoms with Gasteiger partial charge in [0.05, 0.1) is 7.11 Å². The van der Waals surface area contributed by atoms with Gasteiger partial charge in [0.15, 0.2) is 0 Å². The fraction of sp³-hybridized carbons (Fsp3) is 0.200. The molecular formula is C15H15ClN2O2. The second-order valence-electron chi connectivity index (χ2n) is 4.18. The molecule has 1 aromatic carbocycles. The van der Waals surface area contributed by atoms with Crippen LogP contribution in [0.2, 0.25) is 5.02 Å². The molecule has 104 valence electrons. The molecule has 0 saturated heterocycles. The first-order chi connectivity index (χ1) is 9.49. The predicted octanol–water partition coefficient (Wildman–Crippen LogP) is 2.87. The Balaban J connectivity index is 3.42. The molecule has 0 bridgehead atoms. The van der Waals surface area contributed by atoms with E-state index in [4.69, 9.17) is 11.6 Å². The summed E-state index contributed by atoms with van der Waals surface area (Å²) in [6.45, 7) is 0. The van der Waals surface area contributed by atoms with Crippen LogP contribution in [0, 0.1) is 11.3 Å². The van der Waals surface area contributed by atoms with Crippen molar-refractivity contribution in [1.29, 1.82) is 5.26 Å². The van der Waals surface area contributed by atoms with E-state index in [-0.39, 0.29) is 5.57 Å². The Morgan fingerprint density at radius 3 is 2.40 bits per heavy atom. The van der Waals surface area contributed by atoms with Gasteiger partial charge in [0.1, 0.15) is 11.6 Å². The van der Waals surface area contributed by atoms with Crippen LogP contribution in [0.25, 0.3) is 5.57 Å².